The molecule has 1 amide bonds. The lowest BCUT2D eigenvalue weighted by atomic mass is 9.92. The minimum absolute atomic E-state index is 0.379. The SMILES string of the molecule is C=C(c1cccc(OC)c1)C(Cc1cccc(OC)c1I)N(Cc1ccccc1)C(=O)OC(C)(C)C. The zero-order valence-corrected chi connectivity index (χ0v) is 23.7. The number of carbonyl (C=O) groups excluding carboxylic acids is 1. The van der Waals surface area contributed by atoms with E-state index in [2.05, 4.69) is 35.2 Å². The van der Waals surface area contributed by atoms with Crippen LogP contribution in [0.2, 0.25) is 0 Å². The van der Waals surface area contributed by atoms with Gasteiger partial charge in [0.1, 0.15) is 17.1 Å². The number of carbonyl (C=O) groups is 1. The Balaban J connectivity index is 2.11. The maximum atomic E-state index is 13.7. The molecule has 0 aromatic heterocycles. The Labute approximate surface area is 228 Å². The fraction of sp³-hybridized carbons (Fsp3) is 0.300. The number of nitrogens with zero attached hydrogens (tertiary/aromatic N) is 1. The molecule has 0 aliphatic rings. The first-order valence-corrected chi connectivity index (χ1v) is 12.9. The highest BCUT2D eigenvalue weighted by atomic mass is 127. The molecular weight excluding hydrogens is 565 g/mol. The first-order valence-electron chi connectivity index (χ1n) is 11.8. The van der Waals surface area contributed by atoms with Crippen molar-refractivity contribution in [2.75, 3.05) is 14.2 Å². The monoisotopic (exact) mass is 599 g/mol. The number of benzene rings is 3. The lowest BCUT2D eigenvalue weighted by Crippen LogP contribution is -2.44. The summed E-state index contributed by atoms with van der Waals surface area (Å²) in [6, 6.07) is 23.3. The summed E-state index contributed by atoms with van der Waals surface area (Å²) in [7, 11) is 3.30. The minimum atomic E-state index is -0.641. The molecule has 0 aliphatic heterocycles. The topological polar surface area (TPSA) is 48.0 Å². The average molecular weight is 600 g/mol. The summed E-state index contributed by atoms with van der Waals surface area (Å²) < 4.78 is 17.9. The molecule has 0 saturated carbocycles. The van der Waals surface area contributed by atoms with Crippen molar-refractivity contribution in [3.63, 3.8) is 0 Å². The van der Waals surface area contributed by atoms with E-state index in [4.69, 9.17) is 14.2 Å². The molecule has 190 valence electrons. The first kappa shape index (κ1) is 27.6. The van der Waals surface area contributed by atoms with E-state index in [1.165, 1.54) is 0 Å². The van der Waals surface area contributed by atoms with Gasteiger partial charge in [0.05, 0.1) is 23.8 Å². The van der Waals surface area contributed by atoms with Crippen LogP contribution in [0, 0.1) is 3.57 Å². The maximum absolute atomic E-state index is 13.7. The van der Waals surface area contributed by atoms with Gasteiger partial charge in [0.2, 0.25) is 0 Å². The summed E-state index contributed by atoms with van der Waals surface area (Å²) in [6.07, 6.45) is 0.149. The van der Waals surface area contributed by atoms with E-state index in [1.54, 1.807) is 19.1 Å². The smallest absolute Gasteiger partial charge is 0.411 e. The molecule has 0 fully saturated rings. The molecule has 0 saturated heterocycles. The molecule has 5 nitrogen and oxygen atoms in total. The Morgan fingerprint density at radius 3 is 2.31 bits per heavy atom. The third-order valence-corrected chi connectivity index (χ3v) is 6.94. The first-order chi connectivity index (χ1) is 17.1. The third-order valence-electron chi connectivity index (χ3n) is 5.72. The van der Waals surface area contributed by atoms with Crippen molar-refractivity contribution in [2.45, 2.75) is 45.4 Å². The van der Waals surface area contributed by atoms with Gasteiger partial charge in [-0.3, -0.25) is 4.90 Å². The molecule has 0 aliphatic carbocycles. The number of halogens is 1. The number of hydrogen-bond acceptors (Lipinski definition) is 4. The second kappa shape index (κ2) is 12.3. The molecular formula is C30H34INO4. The fourth-order valence-corrected chi connectivity index (χ4v) is 4.72. The van der Waals surface area contributed by atoms with E-state index >= 15 is 0 Å². The molecule has 3 aromatic rings. The van der Waals surface area contributed by atoms with Gasteiger partial charge in [-0.25, -0.2) is 4.79 Å². The third kappa shape index (κ3) is 7.26. The molecule has 0 bridgehead atoms. The Bertz CT molecular complexity index is 1190. The van der Waals surface area contributed by atoms with Crippen LogP contribution in [0.15, 0.2) is 79.4 Å². The zero-order valence-electron chi connectivity index (χ0n) is 21.6. The van der Waals surface area contributed by atoms with Crippen LogP contribution in [0.4, 0.5) is 4.79 Å². The summed E-state index contributed by atoms with van der Waals surface area (Å²) in [6.45, 7) is 10.5. The lowest BCUT2D eigenvalue weighted by Gasteiger charge is -2.35. The fourth-order valence-electron chi connectivity index (χ4n) is 3.92. The molecule has 1 unspecified atom stereocenters. The van der Waals surface area contributed by atoms with Crippen molar-refractivity contribution in [1.82, 2.24) is 4.90 Å². The molecule has 1 atom stereocenters. The van der Waals surface area contributed by atoms with Crippen LogP contribution in [0.1, 0.15) is 37.5 Å². The summed E-state index contributed by atoms with van der Waals surface area (Å²) in [4.78, 5) is 15.4. The number of rotatable bonds is 9. The number of ether oxygens (including phenoxy) is 3. The van der Waals surface area contributed by atoms with Crippen molar-refractivity contribution < 1.29 is 19.0 Å². The van der Waals surface area contributed by atoms with Crippen LogP contribution in [0.25, 0.3) is 5.57 Å². The largest absolute Gasteiger partial charge is 0.497 e. The van der Waals surface area contributed by atoms with Gasteiger partial charge >= 0.3 is 6.09 Å². The van der Waals surface area contributed by atoms with Gasteiger partial charge in [-0.1, -0.05) is 61.2 Å². The molecule has 6 heteroatoms. The van der Waals surface area contributed by atoms with Crippen molar-refractivity contribution in [2.24, 2.45) is 0 Å². The van der Waals surface area contributed by atoms with Gasteiger partial charge in [-0.2, -0.15) is 0 Å². The van der Waals surface area contributed by atoms with Gasteiger partial charge in [0, 0.05) is 6.54 Å². The normalized spacial score (nSPS) is 11.9. The van der Waals surface area contributed by atoms with Gasteiger partial charge in [-0.05, 0) is 90.2 Å². The van der Waals surface area contributed by atoms with Crippen LogP contribution in [-0.2, 0) is 17.7 Å². The second-order valence-corrected chi connectivity index (χ2v) is 10.6. The van der Waals surface area contributed by atoms with E-state index in [9.17, 15) is 4.79 Å². The van der Waals surface area contributed by atoms with Crippen molar-refractivity contribution in [1.29, 1.82) is 0 Å². The summed E-state index contributed by atoms with van der Waals surface area (Å²) in [5.74, 6) is 1.53. The molecule has 0 radical (unpaired) electrons. The van der Waals surface area contributed by atoms with Gasteiger partial charge < -0.3 is 14.2 Å². The molecule has 3 rings (SSSR count). The van der Waals surface area contributed by atoms with E-state index in [-0.39, 0.29) is 6.04 Å². The molecule has 0 heterocycles. The second-order valence-electron chi connectivity index (χ2n) is 9.50. The van der Waals surface area contributed by atoms with Crippen LogP contribution in [0.5, 0.6) is 11.5 Å². The van der Waals surface area contributed by atoms with E-state index in [1.807, 2.05) is 87.5 Å². The van der Waals surface area contributed by atoms with Gasteiger partial charge in [-0.15, -0.1) is 0 Å². The van der Waals surface area contributed by atoms with Gasteiger partial charge in [0.25, 0.3) is 0 Å². The highest BCUT2D eigenvalue weighted by Crippen LogP contribution is 2.32. The Morgan fingerprint density at radius 1 is 0.972 bits per heavy atom. The quantitative estimate of drug-likeness (QED) is 0.241. The highest BCUT2D eigenvalue weighted by Gasteiger charge is 2.32. The Morgan fingerprint density at radius 2 is 1.67 bits per heavy atom. The molecule has 3 aromatic carbocycles. The number of amides is 1. The standard InChI is InChI=1S/C30H34INO4/c1-21(23-14-10-16-25(18-23)34-5)26(19-24-15-11-17-27(35-6)28(24)31)32(29(33)36-30(2,3)4)20-22-12-8-7-9-13-22/h7-18,26H,1,19-20H2,2-6H3. The summed E-state index contributed by atoms with van der Waals surface area (Å²) in [5, 5.41) is 0. The molecule has 0 N–H and O–H groups in total. The van der Waals surface area contributed by atoms with Crippen molar-refractivity contribution in [3.05, 3.63) is 99.6 Å². The number of hydrogen-bond donors (Lipinski definition) is 0. The average Bonchev–Trinajstić information content (AvgIpc) is 2.86. The zero-order chi connectivity index (χ0) is 26.3. The van der Waals surface area contributed by atoms with Crippen molar-refractivity contribution in [3.8, 4) is 11.5 Å². The van der Waals surface area contributed by atoms with E-state index in [0.717, 1.165) is 37.3 Å². The van der Waals surface area contributed by atoms with Crippen LogP contribution in [-0.4, -0.2) is 36.9 Å². The molecule has 0 spiro atoms. The predicted octanol–water partition coefficient (Wildman–Crippen LogP) is 7.37. The Kier molecular flexibility index (Phi) is 9.43. The minimum Gasteiger partial charge on any atom is -0.497 e. The molecule has 36 heavy (non-hydrogen) atoms. The van der Waals surface area contributed by atoms with Gasteiger partial charge in [0.15, 0.2) is 0 Å². The lowest BCUT2D eigenvalue weighted by molar-refractivity contribution is 0.0188. The highest BCUT2D eigenvalue weighted by molar-refractivity contribution is 14.1. The Hall–Kier alpha value is -3.00. The van der Waals surface area contributed by atoms with Crippen molar-refractivity contribution >= 4 is 34.3 Å². The maximum Gasteiger partial charge on any atom is 0.411 e. The predicted molar refractivity (Wildman–Crippen MR) is 153 cm³/mol. The van der Waals surface area contributed by atoms with Crippen LogP contribution in [0.3, 0.4) is 0 Å². The van der Waals surface area contributed by atoms with E-state index in [0.29, 0.717) is 13.0 Å². The summed E-state index contributed by atoms with van der Waals surface area (Å²) in [5.41, 5.74) is 3.13. The number of methoxy groups -OCH3 is 2. The van der Waals surface area contributed by atoms with Crippen LogP contribution >= 0.6 is 22.6 Å². The van der Waals surface area contributed by atoms with Crippen LogP contribution < -0.4 is 9.47 Å². The summed E-state index contributed by atoms with van der Waals surface area (Å²) >= 11 is 2.30. The van der Waals surface area contributed by atoms with E-state index < -0.39 is 11.7 Å².